The van der Waals surface area contributed by atoms with Gasteiger partial charge in [0.2, 0.25) is 0 Å². The third kappa shape index (κ3) is 13.2. The van der Waals surface area contributed by atoms with Crippen LogP contribution in [0.4, 0.5) is 0 Å². The van der Waals surface area contributed by atoms with E-state index in [4.69, 9.17) is 4.74 Å². The molecule has 22 heavy (non-hydrogen) atoms. The first kappa shape index (κ1) is 21.5. The van der Waals surface area contributed by atoms with E-state index in [1.165, 1.54) is 64.2 Å². The minimum absolute atomic E-state index is 0.00326. The highest BCUT2D eigenvalue weighted by Gasteiger charge is 2.15. The number of ether oxygens (including phenoxy) is 1. The maximum Gasteiger partial charge on any atom is 0.306 e. The Kier molecular flexibility index (Phi) is 15.0. The second kappa shape index (κ2) is 15.4. The van der Waals surface area contributed by atoms with Crippen LogP contribution in [0.15, 0.2) is 0 Å². The van der Waals surface area contributed by atoms with Gasteiger partial charge >= 0.3 is 5.97 Å². The van der Waals surface area contributed by atoms with E-state index in [-0.39, 0.29) is 12.1 Å². The molecule has 0 rings (SSSR count). The number of hydrogen-bond donors (Lipinski definition) is 0. The van der Waals surface area contributed by atoms with E-state index in [1.807, 2.05) is 0 Å². The van der Waals surface area contributed by atoms with Gasteiger partial charge in [-0.1, -0.05) is 91.9 Å². The Morgan fingerprint density at radius 1 is 0.773 bits per heavy atom. The van der Waals surface area contributed by atoms with Crippen molar-refractivity contribution in [3.63, 3.8) is 0 Å². The molecule has 0 radical (unpaired) electrons. The van der Waals surface area contributed by atoms with Crippen LogP contribution in [0.1, 0.15) is 111 Å². The molecule has 0 amide bonds. The van der Waals surface area contributed by atoms with Crippen molar-refractivity contribution in [3.8, 4) is 0 Å². The van der Waals surface area contributed by atoms with Gasteiger partial charge in [0.05, 0.1) is 0 Å². The molecule has 0 fully saturated rings. The Hall–Kier alpha value is -0.530. The van der Waals surface area contributed by atoms with Crippen LogP contribution in [0.3, 0.4) is 0 Å². The first-order chi connectivity index (χ1) is 10.6. The van der Waals surface area contributed by atoms with Crippen molar-refractivity contribution in [3.05, 3.63) is 0 Å². The van der Waals surface area contributed by atoms with E-state index in [0.29, 0.717) is 12.3 Å². The lowest BCUT2D eigenvalue weighted by atomic mass is 10.0. The molecule has 0 bridgehead atoms. The molecule has 0 aromatic heterocycles. The lowest BCUT2D eigenvalue weighted by Gasteiger charge is -2.19. The molecule has 0 aromatic carbocycles. The fourth-order valence-electron chi connectivity index (χ4n) is 2.85. The lowest BCUT2D eigenvalue weighted by molar-refractivity contribution is -0.151. The Balaban J connectivity index is 3.33. The van der Waals surface area contributed by atoms with Crippen molar-refractivity contribution >= 4 is 5.97 Å². The van der Waals surface area contributed by atoms with Gasteiger partial charge in [-0.05, 0) is 18.8 Å². The number of carbonyl (C=O) groups excluding carboxylic acids is 1. The summed E-state index contributed by atoms with van der Waals surface area (Å²) in [6, 6.07) is 0. The van der Waals surface area contributed by atoms with Gasteiger partial charge in [0.1, 0.15) is 6.10 Å². The fraction of sp³-hybridized carbons (Fsp3) is 0.950. The smallest absolute Gasteiger partial charge is 0.306 e. The highest BCUT2D eigenvalue weighted by atomic mass is 16.5. The summed E-state index contributed by atoms with van der Waals surface area (Å²) in [5.74, 6) is 0.419. The summed E-state index contributed by atoms with van der Waals surface area (Å²) in [5.41, 5.74) is 0. The summed E-state index contributed by atoms with van der Waals surface area (Å²) in [6.07, 6.45) is 16.1. The average molecular weight is 313 g/mol. The van der Waals surface area contributed by atoms with Crippen LogP contribution in [0.25, 0.3) is 0 Å². The second-order valence-corrected chi connectivity index (χ2v) is 6.97. The van der Waals surface area contributed by atoms with Crippen molar-refractivity contribution in [1.29, 1.82) is 0 Å². The molecule has 0 aromatic rings. The Morgan fingerprint density at radius 2 is 1.23 bits per heavy atom. The normalized spacial score (nSPS) is 12.6. The quantitative estimate of drug-likeness (QED) is 0.249. The molecular weight excluding hydrogens is 272 g/mol. The minimum atomic E-state index is -0.00326. The monoisotopic (exact) mass is 312 g/mol. The van der Waals surface area contributed by atoms with Crippen LogP contribution in [0, 0.1) is 5.92 Å². The van der Waals surface area contributed by atoms with Gasteiger partial charge in [-0.25, -0.2) is 0 Å². The number of esters is 1. The number of carbonyl (C=O) groups is 1. The van der Waals surface area contributed by atoms with Gasteiger partial charge in [-0.3, -0.25) is 4.79 Å². The van der Waals surface area contributed by atoms with Crippen molar-refractivity contribution in [1.82, 2.24) is 0 Å². The average Bonchev–Trinajstić information content (AvgIpc) is 2.50. The van der Waals surface area contributed by atoms with Gasteiger partial charge < -0.3 is 4.74 Å². The molecule has 0 aliphatic carbocycles. The van der Waals surface area contributed by atoms with Gasteiger partial charge in [-0.15, -0.1) is 0 Å². The summed E-state index contributed by atoms with van der Waals surface area (Å²) in [6.45, 7) is 8.58. The third-order valence-electron chi connectivity index (χ3n) is 4.41. The van der Waals surface area contributed by atoms with E-state index in [9.17, 15) is 4.79 Å². The van der Waals surface area contributed by atoms with Crippen molar-refractivity contribution in [2.45, 2.75) is 117 Å². The van der Waals surface area contributed by atoms with E-state index in [2.05, 4.69) is 27.7 Å². The molecule has 0 N–H and O–H groups in total. The molecule has 2 nitrogen and oxygen atoms in total. The Labute approximate surface area is 139 Å². The van der Waals surface area contributed by atoms with Crippen LogP contribution in [0.5, 0.6) is 0 Å². The fourth-order valence-corrected chi connectivity index (χ4v) is 2.85. The first-order valence-corrected chi connectivity index (χ1v) is 9.81. The van der Waals surface area contributed by atoms with E-state index in [1.54, 1.807) is 0 Å². The predicted octanol–water partition coefficient (Wildman–Crippen LogP) is 6.67. The van der Waals surface area contributed by atoms with Gasteiger partial charge in [0, 0.05) is 6.42 Å². The summed E-state index contributed by atoms with van der Waals surface area (Å²) >= 11 is 0. The molecule has 1 atom stereocenters. The maximum atomic E-state index is 11.8. The molecule has 0 spiro atoms. The number of rotatable bonds is 15. The summed E-state index contributed by atoms with van der Waals surface area (Å²) in [5, 5.41) is 0. The third-order valence-corrected chi connectivity index (χ3v) is 4.41. The predicted molar refractivity (Wildman–Crippen MR) is 96.1 cm³/mol. The summed E-state index contributed by atoms with van der Waals surface area (Å²) in [7, 11) is 0. The molecule has 2 heteroatoms. The SMILES string of the molecule is CCCCCCCCCCCCCC(=O)OC(CC)C(C)C. The number of unbranched alkanes of at least 4 members (excludes halogenated alkanes) is 10. The van der Waals surface area contributed by atoms with Crippen molar-refractivity contribution in [2.24, 2.45) is 5.92 Å². The molecule has 132 valence electrons. The van der Waals surface area contributed by atoms with Crippen molar-refractivity contribution < 1.29 is 9.53 Å². The van der Waals surface area contributed by atoms with E-state index in [0.717, 1.165) is 12.8 Å². The van der Waals surface area contributed by atoms with E-state index >= 15 is 0 Å². The molecule has 0 aliphatic rings. The molecular formula is C20H40O2. The van der Waals surface area contributed by atoms with Crippen LogP contribution in [0.2, 0.25) is 0 Å². The minimum Gasteiger partial charge on any atom is -0.462 e. The van der Waals surface area contributed by atoms with Gasteiger partial charge in [-0.2, -0.15) is 0 Å². The first-order valence-electron chi connectivity index (χ1n) is 9.81. The zero-order valence-corrected chi connectivity index (χ0v) is 15.7. The summed E-state index contributed by atoms with van der Waals surface area (Å²) in [4.78, 5) is 11.8. The molecule has 0 saturated heterocycles. The molecule has 1 unspecified atom stereocenters. The highest BCUT2D eigenvalue weighted by molar-refractivity contribution is 5.69. The summed E-state index contributed by atoms with van der Waals surface area (Å²) < 4.78 is 5.51. The van der Waals surface area contributed by atoms with Crippen LogP contribution in [-0.2, 0) is 9.53 Å². The molecule has 0 heterocycles. The largest absolute Gasteiger partial charge is 0.462 e. The highest BCUT2D eigenvalue weighted by Crippen LogP contribution is 2.14. The van der Waals surface area contributed by atoms with Gasteiger partial charge in [0.25, 0.3) is 0 Å². The topological polar surface area (TPSA) is 26.3 Å². The standard InChI is InChI=1S/C20H40O2/c1-5-7-8-9-10-11-12-13-14-15-16-17-20(21)22-19(6-2)18(3)4/h18-19H,5-17H2,1-4H3. The second-order valence-electron chi connectivity index (χ2n) is 6.97. The molecule has 0 aliphatic heterocycles. The zero-order chi connectivity index (χ0) is 16.6. The van der Waals surface area contributed by atoms with E-state index < -0.39 is 0 Å². The molecule has 0 saturated carbocycles. The number of hydrogen-bond acceptors (Lipinski definition) is 2. The Bertz CT molecular complexity index is 248. The van der Waals surface area contributed by atoms with Crippen LogP contribution < -0.4 is 0 Å². The maximum absolute atomic E-state index is 11.8. The van der Waals surface area contributed by atoms with Crippen LogP contribution >= 0.6 is 0 Å². The van der Waals surface area contributed by atoms with Crippen molar-refractivity contribution in [2.75, 3.05) is 0 Å². The zero-order valence-electron chi connectivity index (χ0n) is 15.7. The van der Waals surface area contributed by atoms with Crippen LogP contribution in [-0.4, -0.2) is 12.1 Å². The Morgan fingerprint density at radius 3 is 1.64 bits per heavy atom. The lowest BCUT2D eigenvalue weighted by Crippen LogP contribution is -2.22. The van der Waals surface area contributed by atoms with Gasteiger partial charge in [0.15, 0.2) is 0 Å².